The zero-order valence-electron chi connectivity index (χ0n) is 10.1. The van der Waals surface area contributed by atoms with Crippen molar-refractivity contribution >= 4 is 40.7 Å². The normalized spacial score (nSPS) is 14.5. The second-order valence-corrected chi connectivity index (χ2v) is 4.57. The maximum absolute atomic E-state index is 11.4. The minimum absolute atomic E-state index is 0.000693. The van der Waals surface area contributed by atoms with Crippen molar-refractivity contribution in [3.63, 3.8) is 0 Å². The number of hydrogen-bond acceptors (Lipinski definition) is 7. The molecular weight excluding hydrogens is 288 g/mol. The smallest absolute Gasteiger partial charge is 0.316 e. The number of aromatic nitrogens is 3. The summed E-state index contributed by atoms with van der Waals surface area (Å²) in [5.74, 6) is -1.96. The van der Waals surface area contributed by atoms with Gasteiger partial charge in [-0.1, -0.05) is 11.8 Å². The highest BCUT2D eigenvalue weighted by atomic mass is 32.2. The number of nitrogens with one attached hydrogen (secondary N) is 3. The number of nitrogens with zero attached hydrogens (tertiary/aromatic N) is 3. The average Bonchev–Trinajstić information content (AvgIpc) is 3.02. The third-order valence-corrected chi connectivity index (χ3v) is 3.17. The number of carbonyl (C=O) groups is 4. The molecule has 0 radical (unpaired) electrons. The molecule has 20 heavy (non-hydrogen) atoms. The number of thioether (sulfide) groups is 1. The Morgan fingerprint density at radius 2 is 2.20 bits per heavy atom. The number of anilines is 1. The third-order valence-electron chi connectivity index (χ3n) is 2.31. The molecule has 0 bridgehead atoms. The Balaban J connectivity index is 1.73. The molecule has 0 aliphatic carbocycles. The first-order valence-electron chi connectivity index (χ1n) is 5.49. The maximum Gasteiger partial charge on any atom is 0.316 e. The van der Waals surface area contributed by atoms with E-state index >= 15 is 0 Å². The highest BCUT2D eigenvalue weighted by Gasteiger charge is 2.29. The van der Waals surface area contributed by atoms with E-state index in [1.54, 1.807) is 0 Å². The first-order valence-corrected chi connectivity index (χ1v) is 6.48. The summed E-state index contributed by atoms with van der Waals surface area (Å²) in [7, 11) is 0. The van der Waals surface area contributed by atoms with Gasteiger partial charge < -0.3 is 5.32 Å². The van der Waals surface area contributed by atoms with Crippen LogP contribution >= 0.6 is 11.8 Å². The molecule has 0 saturated carbocycles. The van der Waals surface area contributed by atoms with Crippen molar-refractivity contribution in [3.8, 4) is 0 Å². The second kappa shape index (κ2) is 6.14. The number of amides is 4. The minimum atomic E-state index is -0.921. The zero-order chi connectivity index (χ0) is 14.5. The third kappa shape index (κ3) is 3.32. The Kier molecular flexibility index (Phi) is 4.30. The van der Waals surface area contributed by atoms with E-state index in [2.05, 4.69) is 25.8 Å². The molecule has 0 unspecified atom stereocenters. The Hall–Kier alpha value is -2.43. The predicted molar refractivity (Wildman–Crippen MR) is 67.6 cm³/mol. The molecule has 1 fully saturated rings. The lowest BCUT2D eigenvalue weighted by Crippen LogP contribution is -2.41. The van der Waals surface area contributed by atoms with Crippen molar-refractivity contribution in [1.82, 2.24) is 25.4 Å². The fourth-order valence-electron chi connectivity index (χ4n) is 1.39. The molecule has 0 spiro atoms. The number of H-pyrrole nitrogens is 1. The van der Waals surface area contributed by atoms with Gasteiger partial charge in [-0.3, -0.25) is 29.4 Å². The fraction of sp³-hybridized carbons (Fsp3) is 0.333. The van der Waals surface area contributed by atoms with Gasteiger partial charge in [0.25, 0.3) is 5.24 Å². The summed E-state index contributed by atoms with van der Waals surface area (Å²) in [6.45, 7) is 0.0344. The van der Waals surface area contributed by atoms with E-state index in [-0.39, 0.29) is 35.9 Å². The highest BCUT2D eigenvalue weighted by molar-refractivity contribution is 8.14. The first kappa shape index (κ1) is 14.0. The van der Waals surface area contributed by atoms with Crippen LogP contribution in [0.4, 0.5) is 10.7 Å². The SMILES string of the molecule is O=C(NCCN1C(=O)CSC1=O)C(=O)Nc1ncn[nH]1. The molecule has 2 heterocycles. The molecule has 1 aromatic heterocycles. The van der Waals surface area contributed by atoms with Crippen LogP contribution in [-0.2, 0) is 14.4 Å². The van der Waals surface area contributed by atoms with Gasteiger partial charge in [0.1, 0.15) is 6.33 Å². The lowest BCUT2D eigenvalue weighted by atomic mass is 10.4. The van der Waals surface area contributed by atoms with Crippen LogP contribution in [-0.4, -0.2) is 61.9 Å². The summed E-state index contributed by atoms with van der Waals surface area (Å²) < 4.78 is 0. The maximum atomic E-state index is 11.4. The Bertz CT molecular complexity index is 529. The van der Waals surface area contributed by atoms with E-state index in [1.165, 1.54) is 6.33 Å². The standard InChI is InChI=1S/C9H10N6O4S/c16-5-3-20-9(19)15(5)2-1-10-6(17)7(18)13-8-11-4-12-14-8/h4H,1-3H2,(H,10,17)(H2,11,12,13,14,18). The van der Waals surface area contributed by atoms with Gasteiger partial charge in [0.15, 0.2) is 0 Å². The number of carbonyl (C=O) groups excluding carboxylic acids is 4. The largest absolute Gasteiger partial charge is 0.346 e. The van der Waals surface area contributed by atoms with Gasteiger partial charge in [-0.2, -0.15) is 10.1 Å². The molecule has 1 aromatic rings. The molecule has 10 nitrogen and oxygen atoms in total. The molecule has 106 valence electrons. The number of aromatic amines is 1. The van der Waals surface area contributed by atoms with Crippen LogP contribution in [0.25, 0.3) is 0 Å². The molecule has 1 aliphatic rings. The van der Waals surface area contributed by atoms with Crippen LogP contribution in [0.3, 0.4) is 0 Å². The Morgan fingerprint density at radius 1 is 1.40 bits per heavy atom. The van der Waals surface area contributed by atoms with Gasteiger partial charge >= 0.3 is 11.8 Å². The summed E-state index contributed by atoms with van der Waals surface area (Å²) in [5.41, 5.74) is 0. The van der Waals surface area contributed by atoms with E-state index in [0.29, 0.717) is 0 Å². The number of hydrogen-bond donors (Lipinski definition) is 3. The minimum Gasteiger partial charge on any atom is -0.346 e. The van der Waals surface area contributed by atoms with E-state index in [0.717, 1.165) is 16.7 Å². The Morgan fingerprint density at radius 3 is 2.80 bits per heavy atom. The van der Waals surface area contributed by atoms with Crippen molar-refractivity contribution in [2.24, 2.45) is 0 Å². The van der Waals surface area contributed by atoms with Crippen molar-refractivity contribution in [1.29, 1.82) is 0 Å². The number of imide groups is 1. The van der Waals surface area contributed by atoms with Crippen LogP contribution in [0.5, 0.6) is 0 Å². The van der Waals surface area contributed by atoms with Crippen LogP contribution in [0, 0.1) is 0 Å². The average molecular weight is 298 g/mol. The van der Waals surface area contributed by atoms with E-state index < -0.39 is 11.8 Å². The fourth-order valence-corrected chi connectivity index (χ4v) is 2.14. The molecule has 1 saturated heterocycles. The van der Waals surface area contributed by atoms with Gasteiger partial charge in [0, 0.05) is 13.1 Å². The molecule has 2 rings (SSSR count). The summed E-state index contributed by atoms with van der Waals surface area (Å²) in [6.07, 6.45) is 1.18. The molecule has 4 amide bonds. The van der Waals surface area contributed by atoms with Crippen molar-refractivity contribution in [2.45, 2.75) is 0 Å². The zero-order valence-corrected chi connectivity index (χ0v) is 10.9. The molecule has 0 aromatic carbocycles. The van der Waals surface area contributed by atoms with E-state index in [4.69, 9.17) is 0 Å². The topological polar surface area (TPSA) is 137 Å². The molecule has 1 aliphatic heterocycles. The number of rotatable bonds is 4. The van der Waals surface area contributed by atoms with Gasteiger partial charge in [-0.15, -0.1) is 0 Å². The summed E-state index contributed by atoms with van der Waals surface area (Å²) >= 11 is 0.908. The molecular formula is C9H10N6O4S. The van der Waals surface area contributed by atoms with E-state index in [1.807, 2.05) is 0 Å². The molecule has 0 atom stereocenters. The highest BCUT2D eigenvalue weighted by Crippen LogP contribution is 2.17. The monoisotopic (exact) mass is 298 g/mol. The summed E-state index contributed by atoms with van der Waals surface area (Å²) in [6, 6.07) is 0. The summed E-state index contributed by atoms with van der Waals surface area (Å²) in [5, 5.41) is 9.99. The van der Waals surface area contributed by atoms with Crippen LogP contribution in [0.15, 0.2) is 6.33 Å². The Labute approximate surface area is 116 Å². The van der Waals surface area contributed by atoms with E-state index in [9.17, 15) is 19.2 Å². The van der Waals surface area contributed by atoms with Gasteiger partial charge in [0.2, 0.25) is 11.9 Å². The van der Waals surface area contributed by atoms with Crippen molar-refractivity contribution in [3.05, 3.63) is 6.33 Å². The van der Waals surface area contributed by atoms with Gasteiger partial charge in [-0.25, -0.2) is 5.10 Å². The van der Waals surface area contributed by atoms with Gasteiger partial charge in [-0.05, 0) is 0 Å². The lowest BCUT2D eigenvalue weighted by Gasteiger charge is -2.12. The lowest BCUT2D eigenvalue weighted by molar-refractivity contribution is -0.136. The van der Waals surface area contributed by atoms with Crippen LogP contribution in [0.2, 0.25) is 0 Å². The van der Waals surface area contributed by atoms with Crippen molar-refractivity contribution < 1.29 is 19.2 Å². The second-order valence-electron chi connectivity index (χ2n) is 3.64. The van der Waals surface area contributed by atoms with Crippen LogP contribution in [0.1, 0.15) is 0 Å². The molecule has 11 heteroatoms. The van der Waals surface area contributed by atoms with Crippen LogP contribution < -0.4 is 10.6 Å². The van der Waals surface area contributed by atoms with Gasteiger partial charge in [0.05, 0.1) is 5.75 Å². The van der Waals surface area contributed by atoms with Crippen molar-refractivity contribution in [2.75, 3.05) is 24.2 Å². The molecule has 3 N–H and O–H groups in total. The predicted octanol–water partition coefficient (Wildman–Crippen LogP) is -1.45. The summed E-state index contributed by atoms with van der Waals surface area (Å²) in [4.78, 5) is 50.0. The quantitative estimate of drug-likeness (QED) is 0.578. The first-order chi connectivity index (χ1) is 9.58.